The number of hydrogen-bond donors (Lipinski definition) is 2. The SMILES string of the molecule is CCCN(CC(=O)OCC)C(=O)/C(C)=C/c1ccc(C(=O)Oc2ccc(C(=N)N)cc2)cc1. The van der Waals surface area contributed by atoms with Gasteiger partial charge in [-0.25, -0.2) is 4.79 Å². The number of nitrogens with zero attached hydrogens (tertiary/aromatic N) is 1. The standard InChI is InChI=1S/C25H29N3O5/c1-4-14-28(16-22(29)32-5-2)24(30)17(3)15-18-6-8-20(9-7-18)25(31)33-21-12-10-19(11-13-21)23(26)27/h6-13,15H,4-5,14,16H2,1-3H3,(H3,26,27)/b17-15+. The van der Waals surface area contributed by atoms with Crippen LogP contribution in [0.25, 0.3) is 6.08 Å². The predicted octanol–water partition coefficient (Wildman–Crippen LogP) is 3.39. The molecule has 8 heteroatoms. The van der Waals surface area contributed by atoms with Gasteiger partial charge in [-0.05, 0) is 68.3 Å². The van der Waals surface area contributed by atoms with Crippen LogP contribution in [-0.2, 0) is 14.3 Å². The molecule has 0 heterocycles. The number of ether oxygens (including phenoxy) is 2. The summed E-state index contributed by atoms with van der Waals surface area (Å²) < 4.78 is 10.3. The normalized spacial score (nSPS) is 10.9. The predicted molar refractivity (Wildman–Crippen MR) is 126 cm³/mol. The fourth-order valence-corrected chi connectivity index (χ4v) is 3.03. The van der Waals surface area contributed by atoms with E-state index in [0.29, 0.717) is 35.4 Å². The Hall–Kier alpha value is -3.94. The average Bonchev–Trinajstić information content (AvgIpc) is 2.79. The van der Waals surface area contributed by atoms with Gasteiger partial charge in [-0.1, -0.05) is 19.1 Å². The molecule has 0 unspecified atom stereocenters. The Bertz CT molecular complexity index is 1030. The summed E-state index contributed by atoms with van der Waals surface area (Å²) in [6, 6.07) is 13.0. The van der Waals surface area contributed by atoms with Crippen LogP contribution < -0.4 is 10.5 Å². The molecule has 0 aliphatic carbocycles. The van der Waals surface area contributed by atoms with E-state index in [0.717, 1.165) is 5.56 Å². The van der Waals surface area contributed by atoms with Crippen LogP contribution in [0.4, 0.5) is 0 Å². The molecule has 0 atom stereocenters. The molecule has 0 bridgehead atoms. The minimum atomic E-state index is -0.530. The average molecular weight is 452 g/mol. The van der Waals surface area contributed by atoms with Crippen molar-refractivity contribution in [3.63, 3.8) is 0 Å². The largest absolute Gasteiger partial charge is 0.465 e. The molecule has 3 N–H and O–H groups in total. The highest BCUT2D eigenvalue weighted by Gasteiger charge is 2.18. The summed E-state index contributed by atoms with van der Waals surface area (Å²) >= 11 is 0. The molecule has 0 saturated heterocycles. The minimum Gasteiger partial charge on any atom is -0.465 e. The number of rotatable bonds is 10. The number of amides is 1. The molecule has 1 amide bonds. The number of carbonyl (C=O) groups is 3. The van der Waals surface area contributed by atoms with E-state index in [4.69, 9.17) is 20.6 Å². The van der Waals surface area contributed by atoms with E-state index in [9.17, 15) is 14.4 Å². The summed E-state index contributed by atoms with van der Waals surface area (Å²) in [4.78, 5) is 38.4. The number of hydrogen-bond acceptors (Lipinski definition) is 6. The Kier molecular flexibility index (Phi) is 9.35. The summed E-state index contributed by atoms with van der Waals surface area (Å²) in [5.41, 5.74) is 7.50. The fraction of sp³-hybridized carbons (Fsp3) is 0.280. The van der Waals surface area contributed by atoms with E-state index in [1.165, 1.54) is 4.90 Å². The van der Waals surface area contributed by atoms with Gasteiger partial charge in [0.2, 0.25) is 5.91 Å². The number of nitrogen functional groups attached to an aromatic ring is 1. The molecule has 2 aromatic rings. The zero-order valence-corrected chi connectivity index (χ0v) is 19.1. The second kappa shape index (κ2) is 12.2. The maximum absolute atomic E-state index is 12.8. The Labute approximate surface area is 193 Å². The van der Waals surface area contributed by atoms with Crippen LogP contribution in [0, 0.1) is 5.41 Å². The van der Waals surface area contributed by atoms with Crippen LogP contribution >= 0.6 is 0 Å². The smallest absolute Gasteiger partial charge is 0.343 e. The first-order valence-corrected chi connectivity index (χ1v) is 10.6. The highest BCUT2D eigenvalue weighted by Crippen LogP contribution is 2.16. The number of esters is 2. The van der Waals surface area contributed by atoms with Gasteiger partial charge in [0, 0.05) is 17.7 Å². The molecule has 8 nitrogen and oxygen atoms in total. The first-order valence-electron chi connectivity index (χ1n) is 10.6. The molecule has 174 valence electrons. The molecule has 0 aliphatic heterocycles. The summed E-state index contributed by atoms with van der Waals surface area (Å²) in [5.74, 6) is -0.942. The molecule has 2 aromatic carbocycles. The Morgan fingerprint density at radius 2 is 1.61 bits per heavy atom. The van der Waals surface area contributed by atoms with Crippen LogP contribution in [0.15, 0.2) is 54.1 Å². The zero-order chi connectivity index (χ0) is 24.4. The van der Waals surface area contributed by atoms with Crippen molar-refractivity contribution in [3.8, 4) is 5.75 Å². The molecular weight excluding hydrogens is 422 g/mol. The lowest BCUT2D eigenvalue weighted by Crippen LogP contribution is -2.37. The van der Waals surface area contributed by atoms with E-state index in [-0.39, 0.29) is 24.9 Å². The van der Waals surface area contributed by atoms with E-state index in [1.807, 2.05) is 6.92 Å². The molecule has 0 radical (unpaired) electrons. The summed E-state index contributed by atoms with van der Waals surface area (Å²) in [6.45, 7) is 5.95. The van der Waals surface area contributed by atoms with Gasteiger partial charge >= 0.3 is 11.9 Å². The highest BCUT2D eigenvalue weighted by atomic mass is 16.5. The van der Waals surface area contributed by atoms with Gasteiger partial charge < -0.3 is 20.1 Å². The van der Waals surface area contributed by atoms with Crippen molar-refractivity contribution in [1.29, 1.82) is 5.41 Å². The van der Waals surface area contributed by atoms with Crippen molar-refractivity contribution in [2.75, 3.05) is 19.7 Å². The Morgan fingerprint density at radius 3 is 2.15 bits per heavy atom. The molecular formula is C25H29N3O5. The first kappa shape index (κ1) is 25.3. The first-order chi connectivity index (χ1) is 15.7. The van der Waals surface area contributed by atoms with Gasteiger partial charge in [0.25, 0.3) is 0 Å². The second-order valence-electron chi connectivity index (χ2n) is 7.31. The van der Waals surface area contributed by atoms with E-state index >= 15 is 0 Å². The van der Waals surface area contributed by atoms with Crippen molar-refractivity contribution >= 4 is 29.8 Å². The topological polar surface area (TPSA) is 123 Å². The van der Waals surface area contributed by atoms with Crippen LogP contribution in [0.3, 0.4) is 0 Å². The van der Waals surface area contributed by atoms with Crippen molar-refractivity contribution in [2.24, 2.45) is 5.73 Å². The van der Waals surface area contributed by atoms with Gasteiger partial charge in [0.05, 0.1) is 12.2 Å². The van der Waals surface area contributed by atoms with Crippen LogP contribution in [0.5, 0.6) is 5.75 Å². The van der Waals surface area contributed by atoms with E-state index < -0.39 is 11.9 Å². The Morgan fingerprint density at radius 1 is 1.00 bits per heavy atom. The van der Waals surface area contributed by atoms with Gasteiger partial charge in [-0.2, -0.15) is 0 Å². The number of nitrogens with one attached hydrogen (secondary N) is 1. The summed E-state index contributed by atoms with van der Waals surface area (Å²) in [6.07, 6.45) is 2.42. The van der Waals surface area contributed by atoms with Crippen LogP contribution in [-0.4, -0.2) is 48.3 Å². The number of nitrogens with two attached hydrogens (primary N) is 1. The molecule has 0 aliphatic rings. The molecule has 0 spiro atoms. The fourth-order valence-electron chi connectivity index (χ4n) is 3.03. The van der Waals surface area contributed by atoms with Crippen molar-refractivity contribution in [2.45, 2.75) is 27.2 Å². The molecule has 0 aromatic heterocycles. The van der Waals surface area contributed by atoms with Gasteiger partial charge in [0.1, 0.15) is 18.1 Å². The lowest BCUT2D eigenvalue weighted by Gasteiger charge is -2.21. The summed E-state index contributed by atoms with van der Waals surface area (Å²) in [7, 11) is 0. The van der Waals surface area contributed by atoms with Gasteiger partial charge in [0.15, 0.2) is 0 Å². The minimum absolute atomic E-state index is 0.0657. The maximum Gasteiger partial charge on any atom is 0.343 e. The van der Waals surface area contributed by atoms with Crippen LogP contribution in [0.2, 0.25) is 0 Å². The summed E-state index contributed by atoms with van der Waals surface area (Å²) in [5, 5.41) is 7.39. The van der Waals surface area contributed by atoms with Gasteiger partial charge in [-0.3, -0.25) is 15.0 Å². The van der Waals surface area contributed by atoms with Crippen LogP contribution in [0.1, 0.15) is 48.7 Å². The third kappa shape index (κ3) is 7.60. The monoisotopic (exact) mass is 451 g/mol. The third-order valence-corrected chi connectivity index (χ3v) is 4.65. The van der Waals surface area contributed by atoms with E-state index in [1.54, 1.807) is 68.5 Å². The van der Waals surface area contributed by atoms with Gasteiger partial charge in [-0.15, -0.1) is 0 Å². The molecule has 2 rings (SSSR count). The molecule has 0 fully saturated rings. The second-order valence-corrected chi connectivity index (χ2v) is 7.31. The lowest BCUT2D eigenvalue weighted by atomic mass is 10.1. The van der Waals surface area contributed by atoms with E-state index in [2.05, 4.69) is 0 Å². The number of amidine groups is 1. The number of benzene rings is 2. The Balaban J connectivity index is 2.06. The third-order valence-electron chi connectivity index (χ3n) is 4.65. The maximum atomic E-state index is 12.8. The lowest BCUT2D eigenvalue weighted by molar-refractivity contribution is -0.147. The quantitative estimate of drug-likeness (QED) is 0.188. The van der Waals surface area contributed by atoms with Crippen molar-refractivity contribution < 1.29 is 23.9 Å². The number of carbonyl (C=O) groups excluding carboxylic acids is 3. The molecule has 33 heavy (non-hydrogen) atoms. The van der Waals surface area contributed by atoms with Crippen molar-refractivity contribution in [1.82, 2.24) is 4.90 Å². The van der Waals surface area contributed by atoms with Crippen molar-refractivity contribution in [3.05, 3.63) is 70.8 Å². The zero-order valence-electron chi connectivity index (χ0n) is 19.1. The highest BCUT2D eigenvalue weighted by molar-refractivity contribution is 5.99. The molecule has 0 saturated carbocycles.